The molecule has 1 unspecified atom stereocenters. The second kappa shape index (κ2) is 4.32. The van der Waals surface area contributed by atoms with E-state index in [1.54, 1.807) is 24.0 Å². The van der Waals surface area contributed by atoms with Crippen LogP contribution in [0.1, 0.15) is 6.92 Å². The van der Waals surface area contributed by atoms with E-state index in [0.717, 1.165) is 5.69 Å². The predicted octanol–water partition coefficient (Wildman–Crippen LogP) is -0.206. The van der Waals surface area contributed by atoms with Crippen LogP contribution in [-0.4, -0.2) is 40.8 Å². The summed E-state index contributed by atoms with van der Waals surface area (Å²) in [6.07, 6.45) is 3.27. The van der Waals surface area contributed by atoms with E-state index in [-0.39, 0.29) is 6.54 Å². The number of imidazole rings is 1. The molecular formula is C9H12N6O2. The number of nitrogens with zero attached hydrogens (tertiary/aromatic N) is 6. The van der Waals surface area contributed by atoms with Gasteiger partial charge in [-0.2, -0.15) is 0 Å². The molecule has 2 heterocycles. The predicted molar refractivity (Wildman–Crippen MR) is 56.8 cm³/mol. The SMILES string of the molecule is CC(Cn1nnnc1-c1cncn1C)C(=O)O. The van der Waals surface area contributed by atoms with Gasteiger partial charge >= 0.3 is 5.97 Å². The molecule has 0 aliphatic rings. The molecule has 0 aliphatic heterocycles. The van der Waals surface area contributed by atoms with Gasteiger partial charge < -0.3 is 9.67 Å². The van der Waals surface area contributed by atoms with E-state index < -0.39 is 11.9 Å². The van der Waals surface area contributed by atoms with Gasteiger partial charge in [-0.15, -0.1) is 5.10 Å². The number of carboxylic acids is 1. The van der Waals surface area contributed by atoms with E-state index >= 15 is 0 Å². The van der Waals surface area contributed by atoms with Gasteiger partial charge in [0.2, 0.25) is 0 Å². The van der Waals surface area contributed by atoms with Crippen LogP contribution >= 0.6 is 0 Å². The number of hydrogen-bond acceptors (Lipinski definition) is 5. The van der Waals surface area contributed by atoms with Gasteiger partial charge in [0.25, 0.3) is 0 Å². The highest BCUT2D eigenvalue weighted by Crippen LogP contribution is 2.14. The smallest absolute Gasteiger partial charge is 0.308 e. The summed E-state index contributed by atoms with van der Waals surface area (Å²) in [4.78, 5) is 14.8. The molecule has 0 radical (unpaired) electrons. The van der Waals surface area contributed by atoms with Crippen LogP contribution in [0.5, 0.6) is 0 Å². The second-order valence-electron chi connectivity index (χ2n) is 3.81. The molecule has 0 fully saturated rings. The normalized spacial score (nSPS) is 12.6. The highest BCUT2D eigenvalue weighted by atomic mass is 16.4. The molecule has 0 saturated heterocycles. The van der Waals surface area contributed by atoms with Crippen molar-refractivity contribution in [3.8, 4) is 11.5 Å². The van der Waals surface area contributed by atoms with Gasteiger partial charge in [0, 0.05) is 7.05 Å². The van der Waals surface area contributed by atoms with Crippen LogP contribution in [0.4, 0.5) is 0 Å². The molecular weight excluding hydrogens is 224 g/mol. The van der Waals surface area contributed by atoms with Gasteiger partial charge in [-0.05, 0) is 10.4 Å². The van der Waals surface area contributed by atoms with Crippen molar-refractivity contribution in [1.82, 2.24) is 29.8 Å². The second-order valence-corrected chi connectivity index (χ2v) is 3.81. The zero-order valence-corrected chi connectivity index (χ0v) is 9.48. The Balaban J connectivity index is 2.29. The summed E-state index contributed by atoms with van der Waals surface area (Å²) in [6, 6.07) is 0. The Morgan fingerprint density at radius 2 is 2.35 bits per heavy atom. The van der Waals surface area contributed by atoms with E-state index in [4.69, 9.17) is 5.11 Å². The number of aliphatic carboxylic acids is 1. The minimum Gasteiger partial charge on any atom is -0.481 e. The first kappa shape index (κ1) is 11.2. The molecule has 0 bridgehead atoms. The van der Waals surface area contributed by atoms with Gasteiger partial charge in [0.1, 0.15) is 5.69 Å². The molecule has 2 aromatic heterocycles. The number of aromatic nitrogens is 6. The number of carbonyl (C=O) groups is 1. The van der Waals surface area contributed by atoms with Gasteiger partial charge in [-0.3, -0.25) is 4.79 Å². The fourth-order valence-corrected chi connectivity index (χ4v) is 1.42. The first-order valence-electron chi connectivity index (χ1n) is 5.05. The van der Waals surface area contributed by atoms with Gasteiger partial charge in [0.05, 0.1) is 25.0 Å². The molecule has 8 nitrogen and oxygen atoms in total. The molecule has 0 aromatic carbocycles. The Bertz CT molecular complexity index is 531. The monoisotopic (exact) mass is 236 g/mol. The summed E-state index contributed by atoms with van der Waals surface area (Å²) >= 11 is 0. The Hall–Kier alpha value is -2.25. The largest absolute Gasteiger partial charge is 0.481 e. The number of tetrazole rings is 1. The van der Waals surface area contributed by atoms with Crippen molar-refractivity contribution in [2.45, 2.75) is 13.5 Å². The zero-order valence-electron chi connectivity index (χ0n) is 9.48. The van der Waals surface area contributed by atoms with Crippen LogP contribution in [0.15, 0.2) is 12.5 Å². The molecule has 17 heavy (non-hydrogen) atoms. The summed E-state index contributed by atoms with van der Waals surface area (Å²) in [5, 5.41) is 20.1. The maximum Gasteiger partial charge on any atom is 0.308 e. The summed E-state index contributed by atoms with van der Waals surface area (Å²) in [5.41, 5.74) is 0.743. The van der Waals surface area contributed by atoms with E-state index in [1.165, 1.54) is 4.68 Å². The third kappa shape index (κ3) is 2.14. The van der Waals surface area contributed by atoms with E-state index in [1.807, 2.05) is 7.05 Å². The van der Waals surface area contributed by atoms with Gasteiger partial charge in [-0.25, -0.2) is 9.67 Å². The molecule has 2 aromatic rings. The molecule has 1 N–H and O–H groups in total. The number of rotatable bonds is 4. The van der Waals surface area contributed by atoms with Crippen molar-refractivity contribution in [3.63, 3.8) is 0 Å². The van der Waals surface area contributed by atoms with Crippen LogP contribution in [0.2, 0.25) is 0 Å². The molecule has 90 valence electrons. The molecule has 8 heteroatoms. The van der Waals surface area contributed by atoms with Crippen molar-refractivity contribution in [3.05, 3.63) is 12.5 Å². The highest BCUT2D eigenvalue weighted by Gasteiger charge is 2.17. The van der Waals surface area contributed by atoms with Crippen molar-refractivity contribution in [2.75, 3.05) is 0 Å². The fourth-order valence-electron chi connectivity index (χ4n) is 1.42. The summed E-state index contributed by atoms with van der Waals surface area (Å²) < 4.78 is 3.24. The third-order valence-corrected chi connectivity index (χ3v) is 2.45. The van der Waals surface area contributed by atoms with Crippen LogP contribution in [0, 0.1) is 5.92 Å². The lowest BCUT2D eigenvalue weighted by Gasteiger charge is -2.07. The van der Waals surface area contributed by atoms with Gasteiger partial charge in [-0.1, -0.05) is 6.92 Å². The van der Waals surface area contributed by atoms with Crippen molar-refractivity contribution in [1.29, 1.82) is 0 Å². The van der Waals surface area contributed by atoms with E-state index in [2.05, 4.69) is 20.5 Å². The van der Waals surface area contributed by atoms with E-state index in [0.29, 0.717) is 5.82 Å². The Morgan fingerprint density at radius 1 is 1.59 bits per heavy atom. The molecule has 2 rings (SSSR count). The average molecular weight is 236 g/mol. The Labute approximate surface area is 96.9 Å². The Kier molecular flexibility index (Phi) is 2.86. The lowest BCUT2D eigenvalue weighted by Crippen LogP contribution is -2.18. The maximum atomic E-state index is 10.8. The summed E-state index contributed by atoms with van der Waals surface area (Å²) in [6.45, 7) is 1.83. The van der Waals surface area contributed by atoms with E-state index in [9.17, 15) is 4.79 Å². The van der Waals surface area contributed by atoms with Gasteiger partial charge in [0.15, 0.2) is 5.82 Å². The zero-order chi connectivity index (χ0) is 12.4. The topological polar surface area (TPSA) is 98.7 Å². The number of hydrogen-bond donors (Lipinski definition) is 1. The van der Waals surface area contributed by atoms with Crippen LogP contribution in [-0.2, 0) is 18.4 Å². The first-order chi connectivity index (χ1) is 8.09. The quantitative estimate of drug-likeness (QED) is 0.788. The van der Waals surface area contributed by atoms with Crippen LogP contribution in [0.3, 0.4) is 0 Å². The van der Waals surface area contributed by atoms with Crippen molar-refractivity contribution in [2.24, 2.45) is 13.0 Å². The fraction of sp³-hybridized carbons (Fsp3) is 0.444. The molecule has 0 saturated carbocycles. The molecule has 0 aliphatic carbocycles. The number of carboxylic acid groups (broad SMARTS) is 1. The third-order valence-electron chi connectivity index (χ3n) is 2.45. The van der Waals surface area contributed by atoms with Crippen molar-refractivity contribution < 1.29 is 9.90 Å². The average Bonchev–Trinajstić information content (AvgIpc) is 2.86. The molecule has 0 spiro atoms. The lowest BCUT2D eigenvalue weighted by molar-refractivity contribution is -0.141. The summed E-state index contributed by atoms with van der Waals surface area (Å²) in [7, 11) is 1.82. The summed E-state index contributed by atoms with van der Waals surface area (Å²) in [5.74, 6) is -0.917. The maximum absolute atomic E-state index is 10.8. The minimum absolute atomic E-state index is 0.225. The highest BCUT2D eigenvalue weighted by molar-refractivity contribution is 5.69. The lowest BCUT2D eigenvalue weighted by atomic mass is 10.2. The Morgan fingerprint density at radius 3 is 2.94 bits per heavy atom. The standard InChI is InChI=1S/C9H12N6O2/c1-6(9(16)17)4-15-8(11-12-13-15)7-3-10-5-14(7)2/h3,5-6H,4H2,1-2H3,(H,16,17). The van der Waals surface area contributed by atoms with Crippen LogP contribution in [0.25, 0.3) is 11.5 Å². The van der Waals surface area contributed by atoms with Crippen LogP contribution < -0.4 is 0 Å². The first-order valence-corrected chi connectivity index (χ1v) is 5.05. The minimum atomic E-state index is -0.878. The molecule has 1 atom stereocenters. The number of aryl methyl sites for hydroxylation is 1. The van der Waals surface area contributed by atoms with Crippen molar-refractivity contribution >= 4 is 5.97 Å². The molecule has 0 amide bonds.